The van der Waals surface area contributed by atoms with E-state index in [2.05, 4.69) is 33.5 Å². The molecule has 1 saturated heterocycles. The third-order valence-electron chi connectivity index (χ3n) is 3.77. The van der Waals surface area contributed by atoms with Crippen molar-refractivity contribution < 1.29 is 0 Å². The molecule has 0 amide bonds. The number of rotatable bonds is 3. The molecule has 1 N–H and O–H groups in total. The van der Waals surface area contributed by atoms with E-state index in [4.69, 9.17) is 11.6 Å². The molecule has 1 saturated carbocycles. The molecule has 1 aromatic heterocycles. The molecular formula is C13H19ClN4. The zero-order valence-corrected chi connectivity index (χ0v) is 11.5. The van der Waals surface area contributed by atoms with Gasteiger partial charge < -0.3 is 10.2 Å². The highest BCUT2D eigenvalue weighted by Gasteiger charge is 2.27. The van der Waals surface area contributed by atoms with Crippen molar-refractivity contribution in [2.75, 3.05) is 25.5 Å². The van der Waals surface area contributed by atoms with Gasteiger partial charge in [0.2, 0.25) is 0 Å². The van der Waals surface area contributed by atoms with E-state index >= 15 is 0 Å². The molecule has 1 unspecified atom stereocenters. The van der Waals surface area contributed by atoms with E-state index in [9.17, 15) is 0 Å². The SMILES string of the molecule is CN1CCCC(Nc2cc(C3CC3)c(Cl)nn2)C1. The fourth-order valence-electron chi connectivity index (χ4n) is 2.64. The molecule has 3 rings (SSSR count). The van der Waals surface area contributed by atoms with E-state index in [1.54, 1.807) is 0 Å². The molecule has 2 fully saturated rings. The fraction of sp³-hybridized carbons (Fsp3) is 0.692. The molecule has 1 aromatic rings. The first-order chi connectivity index (χ1) is 8.72. The Morgan fingerprint density at radius 1 is 1.33 bits per heavy atom. The van der Waals surface area contributed by atoms with Gasteiger partial charge in [0.1, 0.15) is 5.82 Å². The number of aromatic nitrogens is 2. The second-order valence-corrected chi connectivity index (χ2v) is 5.85. The predicted octanol–water partition coefficient (Wildman–Crippen LogP) is 2.51. The zero-order valence-electron chi connectivity index (χ0n) is 10.7. The van der Waals surface area contributed by atoms with Gasteiger partial charge in [0.15, 0.2) is 5.15 Å². The Bertz CT molecular complexity index is 433. The largest absolute Gasteiger partial charge is 0.365 e. The molecule has 0 spiro atoms. The number of nitrogens with one attached hydrogen (secondary N) is 1. The smallest absolute Gasteiger partial charge is 0.155 e. The highest BCUT2D eigenvalue weighted by molar-refractivity contribution is 6.30. The van der Waals surface area contributed by atoms with E-state index in [0.717, 1.165) is 12.4 Å². The van der Waals surface area contributed by atoms with Crippen LogP contribution < -0.4 is 5.32 Å². The maximum Gasteiger partial charge on any atom is 0.155 e. The van der Waals surface area contributed by atoms with E-state index in [1.807, 2.05) is 0 Å². The molecule has 2 heterocycles. The number of anilines is 1. The molecular weight excluding hydrogens is 248 g/mol. The summed E-state index contributed by atoms with van der Waals surface area (Å²) >= 11 is 6.09. The van der Waals surface area contributed by atoms with Gasteiger partial charge in [-0.15, -0.1) is 10.2 Å². The summed E-state index contributed by atoms with van der Waals surface area (Å²) in [6.07, 6.45) is 4.91. The lowest BCUT2D eigenvalue weighted by molar-refractivity contribution is 0.260. The van der Waals surface area contributed by atoms with Crippen molar-refractivity contribution in [1.29, 1.82) is 0 Å². The van der Waals surface area contributed by atoms with Crippen LogP contribution in [0, 0.1) is 0 Å². The minimum atomic E-state index is 0.478. The summed E-state index contributed by atoms with van der Waals surface area (Å²) in [6, 6.07) is 2.56. The maximum absolute atomic E-state index is 6.09. The number of piperidine rings is 1. The number of hydrogen-bond acceptors (Lipinski definition) is 4. The molecule has 0 bridgehead atoms. The van der Waals surface area contributed by atoms with Crippen molar-refractivity contribution >= 4 is 17.4 Å². The van der Waals surface area contributed by atoms with Gasteiger partial charge in [0.25, 0.3) is 0 Å². The summed E-state index contributed by atoms with van der Waals surface area (Å²) in [7, 11) is 2.16. The minimum Gasteiger partial charge on any atom is -0.365 e. The van der Waals surface area contributed by atoms with Crippen LogP contribution in [0.4, 0.5) is 5.82 Å². The summed E-state index contributed by atoms with van der Waals surface area (Å²) < 4.78 is 0. The van der Waals surface area contributed by atoms with E-state index in [-0.39, 0.29) is 0 Å². The number of nitrogens with zero attached hydrogens (tertiary/aromatic N) is 3. The van der Waals surface area contributed by atoms with Crippen LogP contribution in [0.1, 0.15) is 37.2 Å². The molecule has 0 radical (unpaired) electrons. The summed E-state index contributed by atoms with van der Waals surface area (Å²) in [5, 5.41) is 12.3. The van der Waals surface area contributed by atoms with Crippen molar-refractivity contribution in [2.24, 2.45) is 0 Å². The zero-order chi connectivity index (χ0) is 12.5. The second-order valence-electron chi connectivity index (χ2n) is 5.50. The third-order valence-corrected chi connectivity index (χ3v) is 4.06. The summed E-state index contributed by atoms with van der Waals surface area (Å²) in [4.78, 5) is 2.35. The van der Waals surface area contributed by atoms with E-state index < -0.39 is 0 Å². The number of likely N-dealkylation sites (tertiary alicyclic amines) is 1. The Balaban J connectivity index is 1.70. The Morgan fingerprint density at radius 3 is 2.89 bits per heavy atom. The van der Waals surface area contributed by atoms with Crippen LogP contribution in [-0.4, -0.2) is 41.3 Å². The van der Waals surface area contributed by atoms with Crippen LogP contribution in [0.2, 0.25) is 5.15 Å². The Morgan fingerprint density at radius 2 is 2.17 bits per heavy atom. The van der Waals surface area contributed by atoms with Gasteiger partial charge in [-0.3, -0.25) is 0 Å². The number of hydrogen-bond donors (Lipinski definition) is 1. The molecule has 1 aliphatic heterocycles. The average molecular weight is 267 g/mol. The quantitative estimate of drug-likeness (QED) is 0.913. The summed E-state index contributed by atoms with van der Waals surface area (Å²) in [5.74, 6) is 1.49. The molecule has 5 heteroatoms. The summed E-state index contributed by atoms with van der Waals surface area (Å²) in [5.41, 5.74) is 1.17. The molecule has 0 aromatic carbocycles. The first-order valence-electron chi connectivity index (χ1n) is 6.70. The first-order valence-corrected chi connectivity index (χ1v) is 7.08. The van der Waals surface area contributed by atoms with Gasteiger partial charge in [-0.1, -0.05) is 11.6 Å². The Labute approximate surface area is 113 Å². The van der Waals surface area contributed by atoms with Gasteiger partial charge in [-0.2, -0.15) is 0 Å². The van der Waals surface area contributed by atoms with Crippen LogP contribution in [0.15, 0.2) is 6.07 Å². The molecule has 98 valence electrons. The van der Waals surface area contributed by atoms with Gasteiger partial charge in [-0.25, -0.2) is 0 Å². The van der Waals surface area contributed by atoms with Crippen molar-refractivity contribution in [2.45, 2.75) is 37.6 Å². The highest BCUT2D eigenvalue weighted by atomic mass is 35.5. The standard InChI is InChI=1S/C13H19ClN4/c1-18-6-2-3-10(8-18)15-12-7-11(9-4-5-9)13(14)17-16-12/h7,9-10H,2-6,8H2,1H3,(H,15,16). The second kappa shape index (κ2) is 5.02. The van der Waals surface area contributed by atoms with Crippen LogP contribution in [0.3, 0.4) is 0 Å². The molecule has 4 nitrogen and oxygen atoms in total. The molecule has 2 aliphatic rings. The van der Waals surface area contributed by atoms with Gasteiger partial charge in [0, 0.05) is 12.6 Å². The predicted molar refractivity (Wildman–Crippen MR) is 73.2 cm³/mol. The lowest BCUT2D eigenvalue weighted by Crippen LogP contribution is -2.39. The van der Waals surface area contributed by atoms with Gasteiger partial charge in [-0.05, 0) is 56.8 Å². The first kappa shape index (κ1) is 12.2. The molecule has 1 aliphatic carbocycles. The van der Waals surface area contributed by atoms with Crippen LogP contribution in [0.5, 0.6) is 0 Å². The van der Waals surface area contributed by atoms with E-state index in [1.165, 1.54) is 37.8 Å². The normalized spacial score (nSPS) is 25.1. The Hall–Kier alpha value is -0.870. The number of likely N-dealkylation sites (N-methyl/N-ethyl adjacent to an activating group) is 1. The number of halogens is 1. The maximum atomic E-state index is 6.09. The van der Waals surface area contributed by atoms with Crippen molar-refractivity contribution in [3.63, 3.8) is 0 Å². The van der Waals surface area contributed by atoms with Gasteiger partial charge >= 0.3 is 0 Å². The molecule has 1 atom stereocenters. The van der Waals surface area contributed by atoms with Crippen molar-refractivity contribution in [1.82, 2.24) is 15.1 Å². The third kappa shape index (κ3) is 2.75. The average Bonchev–Trinajstić information content (AvgIpc) is 3.16. The van der Waals surface area contributed by atoms with Gasteiger partial charge in [0.05, 0.1) is 0 Å². The van der Waals surface area contributed by atoms with E-state index in [0.29, 0.717) is 17.1 Å². The lowest BCUT2D eigenvalue weighted by Gasteiger charge is -2.30. The fourth-order valence-corrected chi connectivity index (χ4v) is 2.88. The Kier molecular flexibility index (Phi) is 3.39. The van der Waals surface area contributed by atoms with Crippen LogP contribution >= 0.6 is 11.6 Å². The lowest BCUT2D eigenvalue weighted by atomic mass is 10.1. The minimum absolute atomic E-state index is 0.478. The van der Waals surface area contributed by atoms with Crippen molar-refractivity contribution in [3.05, 3.63) is 16.8 Å². The van der Waals surface area contributed by atoms with Crippen molar-refractivity contribution in [3.8, 4) is 0 Å². The monoisotopic (exact) mass is 266 g/mol. The highest BCUT2D eigenvalue weighted by Crippen LogP contribution is 2.43. The van der Waals surface area contributed by atoms with Crippen LogP contribution in [0.25, 0.3) is 0 Å². The summed E-state index contributed by atoms with van der Waals surface area (Å²) in [6.45, 7) is 2.26. The molecule has 18 heavy (non-hydrogen) atoms. The van der Waals surface area contributed by atoms with Crippen LogP contribution in [-0.2, 0) is 0 Å². The topological polar surface area (TPSA) is 41.0 Å².